The first-order valence-corrected chi connectivity index (χ1v) is 7.69. The lowest BCUT2D eigenvalue weighted by Crippen LogP contribution is -2.28. The summed E-state index contributed by atoms with van der Waals surface area (Å²) in [5, 5.41) is 0.555. The van der Waals surface area contributed by atoms with Gasteiger partial charge in [0, 0.05) is 17.8 Å². The van der Waals surface area contributed by atoms with Gasteiger partial charge in [-0.05, 0) is 19.4 Å². The molecular formula is C14H18N2O4S. The summed E-state index contributed by atoms with van der Waals surface area (Å²) in [4.78, 5) is 37.8. The summed E-state index contributed by atoms with van der Waals surface area (Å²) in [6.07, 6.45) is 0.856. The fourth-order valence-corrected chi connectivity index (χ4v) is 3.36. The Hall–Kier alpha value is -1.89. The standard InChI is InChI=1S/C14H18N2O4S/c1-3-9-6-10(14(19)20-4-2)13(21-9)16-7-8(12(15)18)5-11(16)17/h6,8H,3-5,7H2,1-2H3,(H2,15,18). The van der Waals surface area contributed by atoms with Gasteiger partial charge >= 0.3 is 5.97 Å². The minimum Gasteiger partial charge on any atom is -0.462 e. The van der Waals surface area contributed by atoms with E-state index >= 15 is 0 Å². The lowest BCUT2D eigenvalue weighted by Gasteiger charge is -2.15. The summed E-state index contributed by atoms with van der Waals surface area (Å²) in [6, 6.07) is 1.75. The van der Waals surface area contributed by atoms with Crippen LogP contribution in [0.3, 0.4) is 0 Å². The average molecular weight is 310 g/mol. The minimum absolute atomic E-state index is 0.0942. The largest absolute Gasteiger partial charge is 0.462 e. The zero-order valence-corrected chi connectivity index (χ0v) is 12.9. The van der Waals surface area contributed by atoms with Gasteiger partial charge in [-0.1, -0.05) is 6.92 Å². The van der Waals surface area contributed by atoms with E-state index < -0.39 is 17.8 Å². The normalized spacial score (nSPS) is 18.1. The number of ether oxygens (including phenoxy) is 1. The van der Waals surface area contributed by atoms with Gasteiger partial charge in [-0.3, -0.25) is 9.59 Å². The molecule has 0 aliphatic carbocycles. The maximum Gasteiger partial charge on any atom is 0.341 e. The maximum atomic E-state index is 12.1. The lowest BCUT2D eigenvalue weighted by molar-refractivity contribution is -0.123. The van der Waals surface area contributed by atoms with Crippen LogP contribution in [0, 0.1) is 5.92 Å². The van der Waals surface area contributed by atoms with Crippen LogP contribution in [0.2, 0.25) is 0 Å². The van der Waals surface area contributed by atoms with E-state index in [1.165, 1.54) is 16.2 Å². The van der Waals surface area contributed by atoms with E-state index in [1.54, 1.807) is 13.0 Å². The molecule has 0 saturated carbocycles. The van der Waals surface area contributed by atoms with Crippen molar-refractivity contribution in [3.63, 3.8) is 0 Å². The van der Waals surface area contributed by atoms with Gasteiger partial charge in [-0.15, -0.1) is 11.3 Å². The Morgan fingerprint density at radius 1 is 1.48 bits per heavy atom. The molecule has 1 unspecified atom stereocenters. The van der Waals surface area contributed by atoms with Crippen molar-refractivity contribution in [3.05, 3.63) is 16.5 Å². The number of thiophene rings is 1. The third-order valence-electron chi connectivity index (χ3n) is 3.38. The van der Waals surface area contributed by atoms with E-state index in [0.29, 0.717) is 10.6 Å². The molecule has 1 aromatic rings. The van der Waals surface area contributed by atoms with Gasteiger partial charge in [0.1, 0.15) is 5.00 Å². The zero-order valence-electron chi connectivity index (χ0n) is 12.0. The third kappa shape index (κ3) is 3.07. The molecule has 1 aliphatic rings. The Morgan fingerprint density at radius 2 is 2.19 bits per heavy atom. The van der Waals surface area contributed by atoms with Crippen molar-refractivity contribution >= 4 is 34.1 Å². The Kier molecular flexibility index (Phi) is 4.62. The molecule has 114 valence electrons. The van der Waals surface area contributed by atoms with Crippen LogP contribution < -0.4 is 10.6 Å². The van der Waals surface area contributed by atoms with Crippen LogP contribution in [0.15, 0.2) is 6.07 Å². The molecule has 2 amide bonds. The smallest absolute Gasteiger partial charge is 0.341 e. The molecule has 2 N–H and O–H groups in total. The van der Waals surface area contributed by atoms with E-state index in [9.17, 15) is 14.4 Å². The third-order valence-corrected chi connectivity index (χ3v) is 4.68. The molecule has 0 bridgehead atoms. The van der Waals surface area contributed by atoms with Crippen LogP contribution in [-0.2, 0) is 20.7 Å². The quantitative estimate of drug-likeness (QED) is 0.831. The Morgan fingerprint density at radius 3 is 2.71 bits per heavy atom. The number of hydrogen-bond donors (Lipinski definition) is 1. The monoisotopic (exact) mass is 310 g/mol. The van der Waals surface area contributed by atoms with E-state index in [-0.39, 0.29) is 25.5 Å². The molecule has 1 aromatic heterocycles. The molecule has 0 spiro atoms. The van der Waals surface area contributed by atoms with E-state index in [4.69, 9.17) is 10.5 Å². The molecule has 1 aliphatic heterocycles. The molecule has 21 heavy (non-hydrogen) atoms. The molecule has 0 radical (unpaired) electrons. The molecule has 2 rings (SSSR count). The second kappa shape index (κ2) is 6.26. The fraction of sp³-hybridized carbons (Fsp3) is 0.500. The molecule has 6 nitrogen and oxygen atoms in total. The molecule has 0 aromatic carbocycles. The van der Waals surface area contributed by atoms with Crippen molar-refractivity contribution < 1.29 is 19.1 Å². The minimum atomic E-state index is -0.500. The lowest BCUT2D eigenvalue weighted by atomic mass is 10.1. The summed E-state index contributed by atoms with van der Waals surface area (Å²) < 4.78 is 5.03. The highest BCUT2D eigenvalue weighted by Gasteiger charge is 2.36. The molecule has 2 heterocycles. The first-order valence-electron chi connectivity index (χ1n) is 6.87. The number of rotatable bonds is 5. The Bertz CT molecular complexity index is 582. The summed E-state index contributed by atoms with van der Waals surface area (Å²) in [6.45, 7) is 4.20. The number of anilines is 1. The van der Waals surface area contributed by atoms with Crippen molar-refractivity contribution in [3.8, 4) is 0 Å². The van der Waals surface area contributed by atoms with E-state index in [1.807, 2.05) is 6.92 Å². The first kappa shape index (κ1) is 15.5. The first-order chi connectivity index (χ1) is 9.97. The fourth-order valence-electron chi connectivity index (χ4n) is 2.26. The number of amides is 2. The van der Waals surface area contributed by atoms with Crippen LogP contribution in [0.1, 0.15) is 35.5 Å². The molecule has 7 heteroatoms. The summed E-state index contributed by atoms with van der Waals surface area (Å²) >= 11 is 1.38. The number of nitrogens with two attached hydrogens (primary N) is 1. The molecule has 1 atom stereocenters. The highest BCUT2D eigenvalue weighted by Crippen LogP contribution is 2.36. The zero-order chi connectivity index (χ0) is 15.6. The van der Waals surface area contributed by atoms with Crippen LogP contribution >= 0.6 is 11.3 Å². The summed E-state index contributed by atoms with van der Waals surface area (Å²) in [5.74, 6) is -1.62. The average Bonchev–Trinajstić information content (AvgIpc) is 3.02. The molecule has 1 fully saturated rings. The number of esters is 1. The summed E-state index contributed by atoms with van der Waals surface area (Å²) in [7, 11) is 0. The maximum absolute atomic E-state index is 12.1. The topological polar surface area (TPSA) is 89.7 Å². The van der Waals surface area contributed by atoms with Crippen molar-refractivity contribution in [2.24, 2.45) is 11.7 Å². The second-order valence-corrected chi connectivity index (χ2v) is 5.93. The van der Waals surface area contributed by atoms with Crippen molar-refractivity contribution in [1.82, 2.24) is 0 Å². The Labute approximate surface area is 126 Å². The van der Waals surface area contributed by atoms with Gasteiger partial charge in [-0.25, -0.2) is 4.79 Å². The molecule has 1 saturated heterocycles. The number of aryl methyl sites for hydroxylation is 1. The van der Waals surface area contributed by atoms with Crippen LogP contribution in [0.4, 0.5) is 5.00 Å². The number of carbonyl (C=O) groups excluding carboxylic acids is 3. The van der Waals surface area contributed by atoms with E-state index in [2.05, 4.69) is 0 Å². The van der Waals surface area contributed by atoms with Gasteiger partial charge in [0.25, 0.3) is 0 Å². The number of primary amides is 1. The predicted molar refractivity (Wildman–Crippen MR) is 79.3 cm³/mol. The predicted octanol–water partition coefficient (Wildman–Crippen LogP) is 1.33. The van der Waals surface area contributed by atoms with Crippen LogP contribution in [-0.4, -0.2) is 30.9 Å². The van der Waals surface area contributed by atoms with Crippen molar-refractivity contribution in [1.29, 1.82) is 0 Å². The Balaban J connectivity index is 2.34. The highest BCUT2D eigenvalue weighted by atomic mass is 32.1. The van der Waals surface area contributed by atoms with Gasteiger partial charge in [0.2, 0.25) is 11.8 Å². The van der Waals surface area contributed by atoms with Gasteiger partial charge in [0.05, 0.1) is 18.1 Å². The van der Waals surface area contributed by atoms with E-state index in [0.717, 1.165) is 11.3 Å². The van der Waals surface area contributed by atoms with Crippen molar-refractivity contribution in [2.45, 2.75) is 26.7 Å². The van der Waals surface area contributed by atoms with Crippen LogP contribution in [0.5, 0.6) is 0 Å². The highest BCUT2D eigenvalue weighted by molar-refractivity contribution is 7.16. The number of hydrogen-bond acceptors (Lipinski definition) is 5. The van der Waals surface area contributed by atoms with Crippen molar-refractivity contribution in [2.75, 3.05) is 18.1 Å². The van der Waals surface area contributed by atoms with Gasteiger partial charge in [-0.2, -0.15) is 0 Å². The SMILES string of the molecule is CCOC(=O)c1cc(CC)sc1N1CC(C(N)=O)CC1=O. The number of nitrogens with zero attached hydrogens (tertiary/aromatic N) is 1. The molecular weight excluding hydrogens is 292 g/mol. The number of carbonyl (C=O) groups is 3. The van der Waals surface area contributed by atoms with Gasteiger partial charge in [0.15, 0.2) is 0 Å². The van der Waals surface area contributed by atoms with Crippen LogP contribution in [0.25, 0.3) is 0 Å². The van der Waals surface area contributed by atoms with Gasteiger partial charge < -0.3 is 15.4 Å². The summed E-state index contributed by atoms with van der Waals surface area (Å²) in [5.41, 5.74) is 5.66. The second-order valence-electron chi connectivity index (χ2n) is 4.81.